The molecule has 0 radical (unpaired) electrons. The van der Waals surface area contributed by atoms with Gasteiger partial charge in [0.25, 0.3) is 5.91 Å². The molecule has 112 valence electrons. The number of carbonyl (C=O) groups excluding carboxylic acids is 1. The normalized spacial score (nSPS) is 10.7. The first kappa shape index (κ1) is 14.8. The van der Waals surface area contributed by atoms with Crippen molar-refractivity contribution in [3.8, 4) is 0 Å². The smallest absolute Gasteiger partial charge is 0.288 e. The second-order valence-corrected chi connectivity index (χ2v) is 5.75. The molecule has 0 unspecified atom stereocenters. The van der Waals surface area contributed by atoms with E-state index in [0.717, 1.165) is 3.57 Å². The zero-order valence-electron chi connectivity index (χ0n) is 11.5. The number of hydrogen-bond acceptors (Lipinski definition) is 4. The van der Waals surface area contributed by atoms with Gasteiger partial charge < -0.3 is 15.1 Å². The van der Waals surface area contributed by atoms with Crippen LogP contribution in [0.15, 0.2) is 41.1 Å². The van der Waals surface area contributed by atoms with Gasteiger partial charge in [0.05, 0.1) is 11.1 Å². The van der Waals surface area contributed by atoms with Gasteiger partial charge in [-0.15, -0.1) is 0 Å². The third-order valence-corrected chi connectivity index (χ3v) is 3.78. The Bertz CT molecular complexity index is 863. The van der Waals surface area contributed by atoms with Crippen LogP contribution in [0.1, 0.15) is 10.6 Å². The van der Waals surface area contributed by atoms with Crippen LogP contribution in [0.25, 0.3) is 11.0 Å². The van der Waals surface area contributed by atoms with Crippen molar-refractivity contribution in [3.63, 3.8) is 0 Å². The molecule has 0 aliphatic heterocycles. The largest absolute Gasteiger partial charge is 0.448 e. The average molecular weight is 411 g/mol. The Balaban J connectivity index is 2.14. The van der Waals surface area contributed by atoms with Gasteiger partial charge in [0, 0.05) is 23.0 Å². The lowest BCUT2D eigenvalue weighted by Gasteiger charge is -2.08. The number of aromatic nitrogens is 1. The van der Waals surface area contributed by atoms with Crippen molar-refractivity contribution in [2.24, 2.45) is 0 Å². The van der Waals surface area contributed by atoms with E-state index in [2.05, 4.69) is 15.6 Å². The van der Waals surface area contributed by atoms with Crippen LogP contribution in [0.5, 0.6) is 0 Å². The molecule has 0 saturated heterocycles. The topological polar surface area (TPSA) is 67.2 Å². The van der Waals surface area contributed by atoms with Gasteiger partial charge in [-0.1, -0.05) is 0 Å². The van der Waals surface area contributed by atoms with Gasteiger partial charge in [-0.25, -0.2) is 4.39 Å². The molecule has 2 N–H and O–H groups in total. The number of furan rings is 1. The quantitative estimate of drug-likeness (QED) is 0.646. The van der Waals surface area contributed by atoms with Crippen molar-refractivity contribution >= 4 is 50.8 Å². The second kappa shape index (κ2) is 5.91. The van der Waals surface area contributed by atoms with Gasteiger partial charge in [-0.2, -0.15) is 0 Å². The number of nitrogens with zero attached hydrogens (tertiary/aromatic N) is 1. The summed E-state index contributed by atoms with van der Waals surface area (Å²) in [4.78, 5) is 16.0. The Morgan fingerprint density at radius 3 is 2.91 bits per heavy atom. The van der Waals surface area contributed by atoms with Crippen molar-refractivity contribution < 1.29 is 13.6 Å². The maximum atomic E-state index is 14.0. The maximum absolute atomic E-state index is 14.0. The van der Waals surface area contributed by atoms with Crippen molar-refractivity contribution in [1.29, 1.82) is 0 Å². The number of fused-ring (bicyclic) bond motifs is 1. The third-order valence-electron chi connectivity index (χ3n) is 3.11. The Morgan fingerprint density at radius 2 is 2.18 bits per heavy atom. The average Bonchev–Trinajstić information content (AvgIpc) is 2.88. The SMILES string of the molecule is CNC(=O)c1oc2ccncc2c1Nc1ccc(I)cc1F. The number of benzene rings is 1. The van der Waals surface area contributed by atoms with Gasteiger partial charge >= 0.3 is 0 Å². The summed E-state index contributed by atoms with van der Waals surface area (Å²) in [7, 11) is 1.50. The summed E-state index contributed by atoms with van der Waals surface area (Å²) in [6.07, 6.45) is 3.13. The lowest BCUT2D eigenvalue weighted by Crippen LogP contribution is -2.18. The van der Waals surface area contributed by atoms with Crippen LogP contribution in [-0.2, 0) is 0 Å². The summed E-state index contributed by atoms with van der Waals surface area (Å²) in [5.74, 6) is -0.721. The minimum atomic E-state index is -0.409. The molecule has 0 saturated carbocycles. The van der Waals surface area contributed by atoms with E-state index in [1.54, 1.807) is 30.6 Å². The Kier molecular flexibility index (Phi) is 3.97. The molecule has 3 aromatic rings. The summed E-state index contributed by atoms with van der Waals surface area (Å²) in [5, 5.41) is 6.05. The Hall–Kier alpha value is -2.16. The predicted molar refractivity (Wildman–Crippen MR) is 89.8 cm³/mol. The fraction of sp³-hybridized carbons (Fsp3) is 0.0667. The number of halogens is 2. The number of pyridine rings is 1. The van der Waals surface area contributed by atoms with Gasteiger partial charge in [0.1, 0.15) is 17.1 Å². The summed E-state index contributed by atoms with van der Waals surface area (Å²) >= 11 is 2.03. The minimum Gasteiger partial charge on any atom is -0.448 e. The molecule has 3 rings (SSSR count). The Labute approximate surface area is 139 Å². The summed E-state index contributed by atoms with van der Waals surface area (Å²) in [6.45, 7) is 0. The van der Waals surface area contributed by atoms with E-state index in [0.29, 0.717) is 16.7 Å². The molecule has 0 fully saturated rings. The first-order chi connectivity index (χ1) is 10.6. The number of nitrogens with one attached hydrogen (secondary N) is 2. The molecular formula is C15H11FIN3O2. The van der Waals surface area contributed by atoms with Crippen molar-refractivity contribution in [2.75, 3.05) is 12.4 Å². The highest BCUT2D eigenvalue weighted by molar-refractivity contribution is 14.1. The summed E-state index contributed by atoms with van der Waals surface area (Å²) in [5.41, 5.74) is 1.15. The fourth-order valence-corrected chi connectivity index (χ4v) is 2.52. The van der Waals surface area contributed by atoms with Gasteiger partial charge in [0.2, 0.25) is 5.76 Å². The molecular weight excluding hydrogens is 400 g/mol. The highest BCUT2D eigenvalue weighted by Gasteiger charge is 2.21. The number of hydrogen-bond donors (Lipinski definition) is 2. The first-order valence-corrected chi connectivity index (χ1v) is 7.48. The van der Waals surface area contributed by atoms with Gasteiger partial charge in [-0.05, 0) is 46.9 Å². The molecule has 22 heavy (non-hydrogen) atoms. The molecule has 0 aliphatic carbocycles. The van der Waals surface area contributed by atoms with Crippen LogP contribution in [0.4, 0.5) is 15.8 Å². The van der Waals surface area contributed by atoms with E-state index in [4.69, 9.17) is 4.42 Å². The standard InChI is InChI=1S/C15H11FIN3O2/c1-18-15(21)14-13(9-7-19-5-4-12(9)22-14)20-11-3-2-8(17)6-10(11)16/h2-7,20H,1H3,(H,18,21). The van der Waals surface area contributed by atoms with Crippen molar-refractivity contribution in [3.05, 3.63) is 51.8 Å². The van der Waals surface area contributed by atoms with Crippen molar-refractivity contribution in [2.45, 2.75) is 0 Å². The lowest BCUT2D eigenvalue weighted by atomic mass is 10.2. The van der Waals surface area contributed by atoms with E-state index < -0.39 is 11.7 Å². The van der Waals surface area contributed by atoms with Gasteiger partial charge in [0.15, 0.2) is 0 Å². The molecule has 2 heterocycles. The van der Waals surface area contributed by atoms with Crippen LogP contribution < -0.4 is 10.6 Å². The third kappa shape index (κ3) is 2.63. The van der Waals surface area contributed by atoms with E-state index in [1.807, 2.05) is 22.6 Å². The number of anilines is 2. The number of amides is 1. The minimum absolute atomic E-state index is 0.0865. The Morgan fingerprint density at radius 1 is 1.36 bits per heavy atom. The van der Waals surface area contributed by atoms with Crippen LogP contribution in [-0.4, -0.2) is 17.9 Å². The monoisotopic (exact) mass is 411 g/mol. The molecule has 1 amide bonds. The predicted octanol–water partition coefficient (Wildman–Crippen LogP) is 3.67. The molecule has 5 nitrogen and oxygen atoms in total. The van der Waals surface area contributed by atoms with Crippen LogP contribution in [0, 0.1) is 9.39 Å². The highest BCUT2D eigenvalue weighted by Crippen LogP contribution is 2.33. The molecule has 0 atom stereocenters. The van der Waals surface area contributed by atoms with Crippen LogP contribution in [0.3, 0.4) is 0 Å². The van der Waals surface area contributed by atoms with Crippen molar-refractivity contribution in [1.82, 2.24) is 10.3 Å². The molecule has 1 aromatic carbocycles. The molecule has 0 spiro atoms. The molecule has 7 heteroatoms. The lowest BCUT2D eigenvalue weighted by molar-refractivity contribution is 0.0939. The zero-order chi connectivity index (χ0) is 15.7. The maximum Gasteiger partial charge on any atom is 0.288 e. The van der Waals surface area contributed by atoms with Crippen LogP contribution in [0.2, 0.25) is 0 Å². The molecule has 0 aliphatic rings. The van der Waals surface area contributed by atoms with Crippen LogP contribution >= 0.6 is 22.6 Å². The highest BCUT2D eigenvalue weighted by atomic mass is 127. The van der Waals surface area contributed by atoms with E-state index in [9.17, 15) is 9.18 Å². The zero-order valence-corrected chi connectivity index (χ0v) is 13.6. The summed E-state index contributed by atoms with van der Waals surface area (Å²) in [6, 6.07) is 6.44. The first-order valence-electron chi connectivity index (χ1n) is 6.41. The number of rotatable bonds is 3. The van der Waals surface area contributed by atoms with E-state index in [1.165, 1.54) is 13.1 Å². The van der Waals surface area contributed by atoms with E-state index in [-0.39, 0.29) is 11.4 Å². The fourth-order valence-electron chi connectivity index (χ4n) is 2.06. The molecule has 0 bridgehead atoms. The van der Waals surface area contributed by atoms with Gasteiger partial charge in [-0.3, -0.25) is 9.78 Å². The molecule has 2 aromatic heterocycles. The summed E-state index contributed by atoms with van der Waals surface area (Å²) < 4.78 is 20.4. The van der Waals surface area contributed by atoms with E-state index >= 15 is 0 Å². The second-order valence-electron chi connectivity index (χ2n) is 4.51. The number of carbonyl (C=O) groups is 1.